The molecule has 4 aromatic rings. The van der Waals surface area contributed by atoms with E-state index in [1.54, 1.807) is 43.5 Å². The summed E-state index contributed by atoms with van der Waals surface area (Å²) in [4.78, 5) is 30.4. The van der Waals surface area contributed by atoms with Gasteiger partial charge in [0.2, 0.25) is 0 Å². The Morgan fingerprint density at radius 1 is 0.903 bits per heavy atom. The van der Waals surface area contributed by atoms with E-state index in [1.165, 1.54) is 6.07 Å². The van der Waals surface area contributed by atoms with Crippen LogP contribution in [-0.4, -0.2) is 26.9 Å². The number of hydrogen-bond acceptors (Lipinski definition) is 8. The SMILES string of the molecule is COc1ccc(Nc2nc3cc([N+](=O)[O-])cc([N+](=O)[O-])c3nc2-c2ccccc2)cc1. The molecular weight excluding hydrogens is 402 g/mol. The summed E-state index contributed by atoms with van der Waals surface area (Å²) in [6.45, 7) is 0. The Hall–Kier alpha value is -4.60. The van der Waals surface area contributed by atoms with Crippen LogP contribution in [-0.2, 0) is 0 Å². The Bertz CT molecular complexity index is 1290. The number of fused-ring (bicyclic) bond motifs is 1. The fourth-order valence-electron chi connectivity index (χ4n) is 3.07. The Labute approximate surface area is 175 Å². The summed E-state index contributed by atoms with van der Waals surface area (Å²) in [6, 6.07) is 18.2. The first kappa shape index (κ1) is 19.7. The van der Waals surface area contributed by atoms with Crippen molar-refractivity contribution in [2.24, 2.45) is 0 Å². The second kappa shape index (κ2) is 8.03. The number of ether oxygens (including phenoxy) is 1. The van der Waals surface area contributed by atoms with Crippen LogP contribution in [0.2, 0.25) is 0 Å². The van der Waals surface area contributed by atoms with Gasteiger partial charge in [-0.25, -0.2) is 9.97 Å². The maximum Gasteiger partial charge on any atom is 0.303 e. The predicted octanol–water partition coefficient (Wildman–Crippen LogP) is 4.87. The van der Waals surface area contributed by atoms with Crippen molar-refractivity contribution in [2.75, 3.05) is 12.4 Å². The van der Waals surface area contributed by atoms with Gasteiger partial charge < -0.3 is 10.1 Å². The summed E-state index contributed by atoms with van der Waals surface area (Å²) >= 11 is 0. The molecule has 154 valence electrons. The van der Waals surface area contributed by atoms with Crippen molar-refractivity contribution in [3.05, 3.63) is 87.0 Å². The van der Waals surface area contributed by atoms with E-state index in [2.05, 4.69) is 15.3 Å². The molecule has 4 rings (SSSR count). The molecule has 0 radical (unpaired) electrons. The maximum atomic E-state index is 11.6. The van der Waals surface area contributed by atoms with Gasteiger partial charge in [0.05, 0.1) is 23.0 Å². The molecular formula is C21H15N5O5. The first-order chi connectivity index (χ1) is 15.0. The Balaban J connectivity index is 1.95. The Morgan fingerprint density at radius 2 is 1.61 bits per heavy atom. The summed E-state index contributed by atoms with van der Waals surface area (Å²) in [5.74, 6) is 0.975. The normalized spacial score (nSPS) is 10.6. The molecule has 1 heterocycles. The zero-order valence-electron chi connectivity index (χ0n) is 16.2. The fraction of sp³-hybridized carbons (Fsp3) is 0.0476. The predicted molar refractivity (Wildman–Crippen MR) is 115 cm³/mol. The van der Waals surface area contributed by atoms with E-state index in [1.807, 2.05) is 18.2 Å². The topological polar surface area (TPSA) is 133 Å². The van der Waals surface area contributed by atoms with E-state index in [4.69, 9.17) is 4.74 Å². The monoisotopic (exact) mass is 417 g/mol. The summed E-state index contributed by atoms with van der Waals surface area (Å²) in [7, 11) is 1.56. The number of nitrogens with one attached hydrogen (secondary N) is 1. The first-order valence-corrected chi connectivity index (χ1v) is 9.07. The van der Waals surface area contributed by atoms with E-state index in [-0.39, 0.29) is 11.0 Å². The minimum Gasteiger partial charge on any atom is -0.497 e. The highest BCUT2D eigenvalue weighted by atomic mass is 16.6. The molecule has 0 aliphatic heterocycles. The molecule has 0 saturated heterocycles. The molecule has 0 fully saturated rings. The third kappa shape index (κ3) is 3.94. The second-order valence-corrected chi connectivity index (χ2v) is 6.49. The van der Waals surface area contributed by atoms with E-state index in [0.29, 0.717) is 28.5 Å². The molecule has 0 aliphatic carbocycles. The molecule has 0 bridgehead atoms. The van der Waals surface area contributed by atoms with Crippen molar-refractivity contribution in [1.29, 1.82) is 0 Å². The smallest absolute Gasteiger partial charge is 0.303 e. The van der Waals surface area contributed by atoms with Gasteiger partial charge in [-0.05, 0) is 24.3 Å². The molecule has 1 N–H and O–H groups in total. The largest absolute Gasteiger partial charge is 0.497 e. The lowest BCUT2D eigenvalue weighted by Crippen LogP contribution is -2.03. The third-order valence-electron chi connectivity index (χ3n) is 4.54. The van der Waals surface area contributed by atoms with Crippen LogP contribution < -0.4 is 10.1 Å². The zero-order valence-corrected chi connectivity index (χ0v) is 16.2. The lowest BCUT2D eigenvalue weighted by molar-refractivity contribution is -0.393. The van der Waals surface area contributed by atoms with E-state index in [9.17, 15) is 20.2 Å². The highest BCUT2D eigenvalue weighted by Crippen LogP contribution is 2.35. The number of nitro groups is 2. The van der Waals surface area contributed by atoms with Crippen molar-refractivity contribution in [3.63, 3.8) is 0 Å². The molecule has 0 amide bonds. The molecule has 0 saturated carbocycles. The number of nitro benzene ring substituents is 2. The van der Waals surface area contributed by atoms with Crippen LogP contribution in [0.3, 0.4) is 0 Å². The average molecular weight is 417 g/mol. The van der Waals surface area contributed by atoms with Crippen molar-refractivity contribution < 1.29 is 14.6 Å². The number of aromatic nitrogens is 2. The molecule has 0 atom stereocenters. The highest BCUT2D eigenvalue weighted by Gasteiger charge is 2.24. The van der Waals surface area contributed by atoms with Gasteiger partial charge in [0, 0.05) is 17.3 Å². The third-order valence-corrected chi connectivity index (χ3v) is 4.54. The van der Waals surface area contributed by atoms with Crippen LogP contribution in [0.5, 0.6) is 5.75 Å². The minimum atomic E-state index is -0.699. The summed E-state index contributed by atoms with van der Waals surface area (Å²) in [6.07, 6.45) is 0. The molecule has 0 aliphatic rings. The quantitative estimate of drug-likeness (QED) is 0.347. The van der Waals surface area contributed by atoms with Gasteiger partial charge in [0.25, 0.3) is 5.69 Å². The number of nitrogens with zero attached hydrogens (tertiary/aromatic N) is 4. The van der Waals surface area contributed by atoms with Crippen LogP contribution in [0.4, 0.5) is 22.9 Å². The minimum absolute atomic E-state index is 0.0327. The lowest BCUT2D eigenvalue weighted by atomic mass is 10.1. The first-order valence-electron chi connectivity index (χ1n) is 9.07. The molecule has 0 spiro atoms. The highest BCUT2D eigenvalue weighted by molar-refractivity contribution is 5.91. The number of anilines is 2. The van der Waals surface area contributed by atoms with E-state index >= 15 is 0 Å². The van der Waals surface area contributed by atoms with Crippen molar-refractivity contribution in [3.8, 4) is 17.0 Å². The van der Waals surface area contributed by atoms with Crippen LogP contribution in [0.1, 0.15) is 0 Å². The number of non-ortho nitro benzene ring substituents is 2. The van der Waals surface area contributed by atoms with Crippen LogP contribution in [0.15, 0.2) is 66.7 Å². The van der Waals surface area contributed by atoms with E-state index < -0.39 is 21.2 Å². The number of hydrogen-bond donors (Lipinski definition) is 1. The van der Waals surface area contributed by atoms with Crippen LogP contribution in [0, 0.1) is 20.2 Å². The molecule has 31 heavy (non-hydrogen) atoms. The Kier molecular flexibility index (Phi) is 5.10. The zero-order chi connectivity index (χ0) is 22.0. The number of methoxy groups -OCH3 is 1. The van der Waals surface area contributed by atoms with Gasteiger partial charge in [-0.1, -0.05) is 30.3 Å². The van der Waals surface area contributed by atoms with Gasteiger partial charge in [-0.15, -0.1) is 0 Å². The number of benzene rings is 3. The molecule has 10 heteroatoms. The Morgan fingerprint density at radius 3 is 2.23 bits per heavy atom. The maximum absolute atomic E-state index is 11.6. The number of rotatable bonds is 6. The van der Waals surface area contributed by atoms with Gasteiger partial charge in [0.1, 0.15) is 17.0 Å². The van der Waals surface area contributed by atoms with Crippen LogP contribution >= 0.6 is 0 Å². The molecule has 1 aromatic heterocycles. The van der Waals surface area contributed by atoms with Gasteiger partial charge in [0.15, 0.2) is 11.3 Å². The van der Waals surface area contributed by atoms with Crippen molar-refractivity contribution in [1.82, 2.24) is 9.97 Å². The standard InChI is InChI=1S/C21H15N5O5/c1-31-16-9-7-14(8-10-16)22-21-19(13-5-3-2-4-6-13)24-20-17(23-21)11-15(25(27)28)12-18(20)26(29)30/h2-12H,1H3,(H,22,23). The van der Waals surface area contributed by atoms with Gasteiger partial charge >= 0.3 is 5.69 Å². The molecule has 0 unspecified atom stereocenters. The van der Waals surface area contributed by atoms with E-state index in [0.717, 1.165) is 6.07 Å². The van der Waals surface area contributed by atoms with Gasteiger partial charge in [-0.3, -0.25) is 20.2 Å². The summed E-state index contributed by atoms with van der Waals surface area (Å²) < 4.78 is 5.16. The van der Waals surface area contributed by atoms with Crippen LogP contribution in [0.25, 0.3) is 22.3 Å². The fourth-order valence-corrected chi connectivity index (χ4v) is 3.07. The average Bonchev–Trinajstić information content (AvgIpc) is 2.78. The molecule has 3 aromatic carbocycles. The van der Waals surface area contributed by atoms with Crippen molar-refractivity contribution >= 4 is 33.9 Å². The van der Waals surface area contributed by atoms with Crippen molar-refractivity contribution in [2.45, 2.75) is 0 Å². The summed E-state index contributed by atoms with van der Waals surface area (Å²) in [5, 5.41) is 26.0. The second-order valence-electron chi connectivity index (χ2n) is 6.49. The molecule has 10 nitrogen and oxygen atoms in total. The van der Waals surface area contributed by atoms with Gasteiger partial charge in [-0.2, -0.15) is 0 Å². The summed E-state index contributed by atoms with van der Waals surface area (Å²) in [5.41, 5.74) is 0.820. The lowest BCUT2D eigenvalue weighted by Gasteiger charge is -2.12.